The second-order valence-electron chi connectivity index (χ2n) is 4.61. The predicted octanol–water partition coefficient (Wildman–Crippen LogP) is 2.39. The minimum atomic E-state index is -0.0143. The number of likely N-dealkylation sites (tertiary alicyclic amines) is 1. The van der Waals surface area contributed by atoms with Gasteiger partial charge in [0.05, 0.1) is 18.1 Å². The lowest BCUT2D eigenvalue weighted by atomic mass is 10.3. The van der Waals surface area contributed by atoms with E-state index >= 15 is 0 Å². The fraction of sp³-hybridized carbons (Fsp3) is 0.643. The van der Waals surface area contributed by atoms with Crippen LogP contribution in [0.5, 0.6) is 0 Å². The van der Waals surface area contributed by atoms with E-state index in [1.165, 1.54) is 0 Å². The van der Waals surface area contributed by atoms with Crippen molar-refractivity contribution >= 4 is 17.3 Å². The Morgan fingerprint density at radius 1 is 1.21 bits per heavy atom. The van der Waals surface area contributed by atoms with Gasteiger partial charge in [-0.05, 0) is 46.6 Å². The lowest BCUT2D eigenvalue weighted by molar-refractivity contribution is -0.123. The van der Waals surface area contributed by atoms with Gasteiger partial charge in [-0.25, -0.2) is 0 Å². The van der Waals surface area contributed by atoms with Crippen molar-refractivity contribution in [2.75, 3.05) is 19.7 Å². The van der Waals surface area contributed by atoms with Gasteiger partial charge in [-0.3, -0.25) is 4.79 Å². The summed E-state index contributed by atoms with van der Waals surface area (Å²) in [4.78, 5) is 13.8. The average molecular weight is 265 g/mol. The van der Waals surface area contributed by atoms with Gasteiger partial charge >= 0.3 is 0 Å². The first-order valence-corrected chi connectivity index (χ1v) is 6.73. The summed E-state index contributed by atoms with van der Waals surface area (Å²) >= 11 is 0. The molecule has 1 heterocycles. The molecule has 19 heavy (non-hydrogen) atoms. The van der Waals surface area contributed by atoms with E-state index in [-0.39, 0.29) is 5.91 Å². The van der Waals surface area contributed by atoms with E-state index in [2.05, 4.69) is 10.2 Å². The topological polar surface area (TPSA) is 54.3 Å². The highest BCUT2D eigenvalue weighted by atomic mass is 16.5. The summed E-state index contributed by atoms with van der Waals surface area (Å²) in [7, 11) is 0. The van der Waals surface area contributed by atoms with E-state index in [0.717, 1.165) is 37.4 Å². The van der Waals surface area contributed by atoms with Crippen molar-refractivity contribution in [2.45, 2.75) is 40.5 Å². The Labute approximate surface area is 115 Å². The maximum Gasteiger partial charge on any atom is 0.269 e. The van der Waals surface area contributed by atoms with Crippen LogP contribution in [0.4, 0.5) is 0 Å². The van der Waals surface area contributed by atoms with Crippen LogP contribution in [-0.4, -0.2) is 41.9 Å². The molecule has 0 spiro atoms. The first kappa shape index (κ1) is 15.4. The Bertz CT molecular complexity index is 405. The van der Waals surface area contributed by atoms with Crippen molar-refractivity contribution in [1.29, 1.82) is 0 Å². The van der Waals surface area contributed by atoms with Crippen molar-refractivity contribution in [3.05, 3.63) is 11.8 Å². The summed E-state index contributed by atoms with van der Waals surface area (Å²) in [6, 6.07) is 0. The Kier molecular flexibility index (Phi) is 6.25. The molecule has 1 aliphatic heterocycles. The summed E-state index contributed by atoms with van der Waals surface area (Å²) in [5.41, 5.74) is 1.16. The maximum absolute atomic E-state index is 12.0. The van der Waals surface area contributed by atoms with Gasteiger partial charge in [0.25, 0.3) is 5.91 Å². The highest BCUT2D eigenvalue weighted by Crippen LogP contribution is 2.08. The number of nitrogens with zero attached hydrogens (tertiary/aromatic N) is 3. The van der Waals surface area contributed by atoms with Crippen LogP contribution >= 0.6 is 0 Å². The Morgan fingerprint density at radius 3 is 2.42 bits per heavy atom. The number of hydrogen-bond donors (Lipinski definition) is 0. The molecule has 0 aromatic carbocycles. The van der Waals surface area contributed by atoms with Crippen LogP contribution in [0, 0.1) is 0 Å². The molecule has 0 aromatic rings. The van der Waals surface area contributed by atoms with E-state index in [1.54, 1.807) is 13.0 Å². The van der Waals surface area contributed by atoms with E-state index in [4.69, 9.17) is 4.74 Å². The zero-order chi connectivity index (χ0) is 14.3. The molecule has 5 nitrogen and oxygen atoms in total. The summed E-state index contributed by atoms with van der Waals surface area (Å²) in [5, 5.41) is 8.03. The number of carbonyl (C=O) groups is 1. The summed E-state index contributed by atoms with van der Waals surface area (Å²) in [6.07, 6.45) is 3.97. The van der Waals surface area contributed by atoms with Gasteiger partial charge in [0.2, 0.25) is 0 Å². The van der Waals surface area contributed by atoms with Crippen LogP contribution in [0.15, 0.2) is 22.0 Å². The zero-order valence-corrected chi connectivity index (χ0v) is 12.3. The van der Waals surface area contributed by atoms with Crippen molar-refractivity contribution in [1.82, 2.24) is 4.90 Å². The first-order valence-electron chi connectivity index (χ1n) is 6.73. The Morgan fingerprint density at radius 2 is 1.84 bits per heavy atom. The molecule has 0 radical (unpaired) electrons. The monoisotopic (exact) mass is 265 g/mol. The Hall–Kier alpha value is -1.65. The Balaban J connectivity index is 2.62. The summed E-state index contributed by atoms with van der Waals surface area (Å²) < 4.78 is 5.30. The summed E-state index contributed by atoms with van der Waals surface area (Å²) in [6.45, 7) is 9.63. The molecule has 1 aliphatic rings. The van der Waals surface area contributed by atoms with Gasteiger partial charge < -0.3 is 9.64 Å². The molecule has 106 valence electrons. The van der Waals surface area contributed by atoms with Crippen LogP contribution in [-0.2, 0) is 9.53 Å². The van der Waals surface area contributed by atoms with Crippen molar-refractivity contribution in [2.24, 2.45) is 10.2 Å². The number of carbonyl (C=O) groups excluding carboxylic acids is 1. The lowest BCUT2D eigenvalue weighted by Gasteiger charge is -2.13. The fourth-order valence-electron chi connectivity index (χ4n) is 1.94. The highest BCUT2D eigenvalue weighted by Gasteiger charge is 2.19. The minimum absolute atomic E-state index is 0.0143. The van der Waals surface area contributed by atoms with E-state index in [0.29, 0.717) is 12.3 Å². The van der Waals surface area contributed by atoms with Gasteiger partial charge in [-0.2, -0.15) is 5.10 Å². The van der Waals surface area contributed by atoms with Gasteiger partial charge in [-0.1, -0.05) is 0 Å². The number of allylic oxidation sites excluding steroid dienone is 2. The van der Waals surface area contributed by atoms with Crippen LogP contribution in [0.1, 0.15) is 40.5 Å². The molecule has 0 aliphatic carbocycles. The molecule has 0 atom stereocenters. The average Bonchev–Trinajstić information content (AvgIpc) is 2.89. The standard InChI is InChI=1S/C14H23N3O2/c1-5-19-12(3)10-11(2)15-16-13(4)14(18)17-8-6-7-9-17/h10H,5-9H2,1-4H3/b12-10+,15-11-,16-13+. The predicted molar refractivity (Wildman–Crippen MR) is 77.4 cm³/mol. The zero-order valence-electron chi connectivity index (χ0n) is 12.3. The van der Waals surface area contributed by atoms with Gasteiger partial charge in [-0.15, -0.1) is 5.10 Å². The third kappa shape index (κ3) is 5.24. The molecule has 0 bridgehead atoms. The second kappa shape index (κ2) is 7.71. The van der Waals surface area contributed by atoms with Crippen LogP contribution in [0.25, 0.3) is 0 Å². The van der Waals surface area contributed by atoms with Crippen molar-refractivity contribution in [3.8, 4) is 0 Å². The van der Waals surface area contributed by atoms with Gasteiger partial charge in [0, 0.05) is 13.1 Å². The fourth-order valence-corrected chi connectivity index (χ4v) is 1.94. The molecule has 0 unspecified atom stereocenters. The largest absolute Gasteiger partial charge is 0.498 e. The molecular weight excluding hydrogens is 242 g/mol. The second-order valence-corrected chi connectivity index (χ2v) is 4.61. The van der Waals surface area contributed by atoms with E-state index < -0.39 is 0 Å². The van der Waals surface area contributed by atoms with Crippen LogP contribution in [0.3, 0.4) is 0 Å². The summed E-state index contributed by atoms with van der Waals surface area (Å²) in [5.74, 6) is 0.780. The molecular formula is C14H23N3O2. The molecule has 5 heteroatoms. The first-order chi connectivity index (χ1) is 9.04. The third-order valence-corrected chi connectivity index (χ3v) is 2.84. The van der Waals surface area contributed by atoms with Crippen LogP contribution in [0.2, 0.25) is 0 Å². The number of amides is 1. The van der Waals surface area contributed by atoms with E-state index in [9.17, 15) is 4.79 Å². The van der Waals surface area contributed by atoms with Gasteiger partial charge in [0.1, 0.15) is 5.71 Å². The molecule has 1 amide bonds. The maximum atomic E-state index is 12.0. The SMILES string of the molecule is CCO/C(C)=C/C(C)=N\N=C(/C)C(=O)N1CCCC1. The minimum Gasteiger partial charge on any atom is -0.498 e. The van der Waals surface area contributed by atoms with Gasteiger partial charge in [0.15, 0.2) is 0 Å². The number of hydrogen-bond acceptors (Lipinski definition) is 4. The lowest BCUT2D eigenvalue weighted by Crippen LogP contribution is -2.32. The van der Waals surface area contributed by atoms with Crippen molar-refractivity contribution in [3.63, 3.8) is 0 Å². The molecule has 1 rings (SSSR count). The molecule has 0 N–H and O–H groups in total. The molecule has 1 saturated heterocycles. The molecule has 1 fully saturated rings. The highest BCUT2D eigenvalue weighted by molar-refractivity contribution is 6.37. The molecule has 0 saturated carbocycles. The van der Waals surface area contributed by atoms with Crippen LogP contribution < -0.4 is 0 Å². The number of rotatable bonds is 5. The smallest absolute Gasteiger partial charge is 0.269 e. The van der Waals surface area contributed by atoms with E-state index in [1.807, 2.05) is 25.7 Å². The van der Waals surface area contributed by atoms with Crippen molar-refractivity contribution < 1.29 is 9.53 Å². The number of ether oxygens (including phenoxy) is 1. The molecule has 0 aromatic heterocycles. The third-order valence-electron chi connectivity index (χ3n) is 2.84. The normalized spacial score (nSPS) is 17.9. The quantitative estimate of drug-likeness (QED) is 0.435.